The number of nitrogens with zero attached hydrogens (tertiary/aromatic N) is 4. The maximum atomic E-state index is 12.6. The molecule has 2 fully saturated rings. The molecule has 3 heterocycles. The average Bonchev–Trinajstić information content (AvgIpc) is 3.03. The van der Waals surface area contributed by atoms with Crippen molar-refractivity contribution in [3.05, 3.63) is 18.0 Å². The van der Waals surface area contributed by atoms with Crippen LogP contribution < -0.4 is 5.32 Å². The Balaban J connectivity index is 1.60. The van der Waals surface area contributed by atoms with E-state index < -0.39 is 0 Å². The molecule has 2 aliphatic heterocycles. The van der Waals surface area contributed by atoms with Gasteiger partial charge in [0.05, 0.1) is 24.7 Å². The maximum Gasteiger partial charge on any atom is 0.318 e. The van der Waals surface area contributed by atoms with Crippen molar-refractivity contribution in [2.24, 2.45) is 5.92 Å². The Kier molecular flexibility index (Phi) is 4.28. The number of likely N-dealkylation sites (tertiary alicyclic amines) is 2. The van der Waals surface area contributed by atoms with Crippen LogP contribution in [-0.2, 0) is 11.3 Å². The van der Waals surface area contributed by atoms with Crippen LogP contribution in [-0.4, -0.2) is 63.7 Å². The van der Waals surface area contributed by atoms with Crippen molar-refractivity contribution >= 4 is 11.9 Å². The van der Waals surface area contributed by atoms with Crippen molar-refractivity contribution in [1.29, 1.82) is 0 Å². The molecule has 0 aliphatic carbocycles. The van der Waals surface area contributed by atoms with Crippen LogP contribution in [0.1, 0.15) is 25.3 Å². The Labute approximate surface area is 136 Å². The van der Waals surface area contributed by atoms with Crippen molar-refractivity contribution in [2.45, 2.75) is 45.3 Å². The van der Waals surface area contributed by atoms with E-state index in [0.717, 1.165) is 24.9 Å². The predicted molar refractivity (Wildman–Crippen MR) is 85.8 cm³/mol. The second kappa shape index (κ2) is 6.22. The van der Waals surface area contributed by atoms with Crippen LogP contribution in [0.4, 0.5) is 4.79 Å². The normalized spacial score (nSPS) is 25.4. The van der Waals surface area contributed by atoms with E-state index in [1.165, 1.54) is 0 Å². The molecule has 1 N–H and O–H groups in total. The Morgan fingerprint density at radius 3 is 3.00 bits per heavy atom. The minimum Gasteiger partial charge on any atom is -0.343 e. The van der Waals surface area contributed by atoms with Crippen LogP contribution in [0.25, 0.3) is 0 Å². The first kappa shape index (κ1) is 15.8. The van der Waals surface area contributed by atoms with E-state index >= 15 is 0 Å². The van der Waals surface area contributed by atoms with E-state index in [9.17, 15) is 9.59 Å². The molecule has 126 valence electrons. The van der Waals surface area contributed by atoms with Gasteiger partial charge in [0.1, 0.15) is 0 Å². The van der Waals surface area contributed by atoms with Gasteiger partial charge in [-0.1, -0.05) is 0 Å². The monoisotopic (exact) mass is 319 g/mol. The minimum absolute atomic E-state index is 0.0143. The quantitative estimate of drug-likeness (QED) is 0.897. The molecule has 3 atom stereocenters. The second-order valence-corrected chi connectivity index (χ2v) is 6.82. The van der Waals surface area contributed by atoms with Crippen molar-refractivity contribution < 1.29 is 9.59 Å². The van der Waals surface area contributed by atoms with Crippen LogP contribution in [0.2, 0.25) is 0 Å². The largest absolute Gasteiger partial charge is 0.343 e. The third kappa shape index (κ3) is 3.18. The number of hydrogen-bond acceptors (Lipinski definition) is 3. The predicted octanol–water partition coefficient (Wildman–Crippen LogP) is 0.842. The van der Waals surface area contributed by atoms with Crippen molar-refractivity contribution in [3.8, 4) is 0 Å². The fraction of sp³-hybridized carbons (Fsp3) is 0.688. The van der Waals surface area contributed by atoms with Crippen molar-refractivity contribution in [3.63, 3.8) is 0 Å². The fourth-order valence-electron chi connectivity index (χ4n) is 3.66. The molecule has 2 aliphatic rings. The number of amides is 3. The van der Waals surface area contributed by atoms with Crippen molar-refractivity contribution in [1.82, 2.24) is 24.9 Å². The third-order valence-electron chi connectivity index (χ3n) is 4.79. The summed E-state index contributed by atoms with van der Waals surface area (Å²) in [5.74, 6) is 0.149. The Morgan fingerprint density at radius 1 is 1.52 bits per heavy atom. The summed E-state index contributed by atoms with van der Waals surface area (Å²) >= 11 is 0. The number of likely N-dealkylation sites (N-methyl/N-ethyl adjacent to an activating group) is 1. The van der Waals surface area contributed by atoms with E-state index in [-0.39, 0.29) is 29.9 Å². The number of nitrogens with one attached hydrogen (secondary N) is 1. The highest BCUT2D eigenvalue weighted by Crippen LogP contribution is 2.30. The van der Waals surface area contributed by atoms with E-state index in [0.29, 0.717) is 13.1 Å². The lowest BCUT2D eigenvalue weighted by Crippen LogP contribution is -2.54. The molecule has 23 heavy (non-hydrogen) atoms. The number of urea groups is 1. The molecule has 7 nitrogen and oxygen atoms in total. The van der Waals surface area contributed by atoms with Gasteiger partial charge in [-0.15, -0.1) is 0 Å². The zero-order chi connectivity index (χ0) is 16.6. The zero-order valence-corrected chi connectivity index (χ0v) is 14.0. The van der Waals surface area contributed by atoms with Gasteiger partial charge in [-0.25, -0.2) is 4.79 Å². The van der Waals surface area contributed by atoms with E-state index in [1.807, 2.05) is 42.9 Å². The number of fused-ring (bicyclic) bond motifs is 1. The summed E-state index contributed by atoms with van der Waals surface area (Å²) in [6.45, 7) is 5.97. The summed E-state index contributed by atoms with van der Waals surface area (Å²) in [6, 6.07) is -0.0726. The zero-order valence-electron chi connectivity index (χ0n) is 14.0. The topological polar surface area (TPSA) is 70.5 Å². The van der Waals surface area contributed by atoms with Crippen LogP contribution in [0.5, 0.6) is 0 Å². The number of aromatic nitrogens is 2. The van der Waals surface area contributed by atoms with Gasteiger partial charge in [-0.2, -0.15) is 5.10 Å². The summed E-state index contributed by atoms with van der Waals surface area (Å²) in [5, 5.41) is 7.30. The molecule has 0 spiro atoms. The smallest absolute Gasteiger partial charge is 0.318 e. The number of piperidine rings is 1. The van der Waals surface area contributed by atoms with Gasteiger partial charge in [0.25, 0.3) is 0 Å². The number of carbonyl (C=O) groups excluding carboxylic acids is 2. The summed E-state index contributed by atoms with van der Waals surface area (Å²) in [7, 11) is 1.82. The molecule has 1 aromatic heterocycles. The van der Waals surface area contributed by atoms with E-state index in [1.54, 1.807) is 4.90 Å². The molecular weight excluding hydrogens is 294 g/mol. The second-order valence-electron chi connectivity index (χ2n) is 6.82. The SMILES string of the molecule is Cc1cnn(CC(C)NC(=O)N2CCC[C@H]3C(=O)N(C)C[C@H]32)c1. The van der Waals surface area contributed by atoms with E-state index in [4.69, 9.17) is 0 Å². The molecule has 3 amide bonds. The number of aryl methyl sites for hydroxylation is 1. The van der Waals surface area contributed by atoms with Crippen LogP contribution in [0, 0.1) is 12.8 Å². The molecule has 0 radical (unpaired) electrons. The van der Waals surface area contributed by atoms with Gasteiger partial charge in [0.15, 0.2) is 0 Å². The first-order valence-electron chi connectivity index (χ1n) is 8.27. The summed E-state index contributed by atoms with van der Waals surface area (Å²) in [6.07, 6.45) is 5.55. The first-order valence-corrected chi connectivity index (χ1v) is 8.27. The van der Waals surface area contributed by atoms with Crippen LogP contribution >= 0.6 is 0 Å². The molecule has 2 saturated heterocycles. The molecular formula is C16H25N5O2. The van der Waals surface area contributed by atoms with Gasteiger partial charge in [0, 0.05) is 32.4 Å². The molecule has 0 saturated carbocycles. The fourth-order valence-corrected chi connectivity index (χ4v) is 3.66. The molecule has 0 aromatic carbocycles. The maximum absolute atomic E-state index is 12.6. The standard InChI is InChI=1S/C16H25N5O2/c1-11-7-17-20(8-11)9-12(2)18-16(23)21-6-4-5-13-14(21)10-19(3)15(13)22/h7-8,12-14H,4-6,9-10H2,1-3H3,(H,18,23)/t12?,13-,14-/m1/s1. The third-order valence-corrected chi connectivity index (χ3v) is 4.79. The van der Waals surface area contributed by atoms with Crippen LogP contribution in [0.15, 0.2) is 12.4 Å². The molecule has 1 unspecified atom stereocenters. The van der Waals surface area contributed by atoms with Gasteiger partial charge in [0.2, 0.25) is 5.91 Å². The highest BCUT2D eigenvalue weighted by Gasteiger charge is 2.45. The van der Waals surface area contributed by atoms with E-state index in [2.05, 4.69) is 10.4 Å². The molecule has 1 aromatic rings. The molecule has 0 bridgehead atoms. The number of carbonyl (C=O) groups is 2. The average molecular weight is 319 g/mol. The Hall–Kier alpha value is -2.05. The first-order chi connectivity index (χ1) is 11.0. The van der Waals surface area contributed by atoms with Gasteiger partial charge < -0.3 is 15.1 Å². The highest BCUT2D eigenvalue weighted by atomic mass is 16.2. The summed E-state index contributed by atoms with van der Waals surface area (Å²) in [4.78, 5) is 28.3. The lowest BCUT2D eigenvalue weighted by Gasteiger charge is -2.36. The highest BCUT2D eigenvalue weighted by molar-refractivity contribution is 5.84. The number of hydrogen-bond donors (Lipinski definition) is 1. The number of rotatable bonds is 3. The summed E-state index contributed by atoms with van der Waals surface area (Å²) in [5.41, 5.74) is 1.11. The Bertz CT molecular complexity index is 599. The van der Waals surface area contributed by atoms with Gasteiger partial charge in [-0.3, -0.25) is 9.48 Å². The van der Waals surface area contributed by atoms with Crippen LogP contribution in [0.3, 0.4) is 0 Å². The van der Waals surface area contributed by atoms with Gasteiger partial charge in [-0.05, 0) is 32.3 Å². The molecule has 3 rings (SSSR count). The molecule has 7 heteroatoms. The van der Waals surface area contributed by atoms with Gasteiger partial charge >= 0.3 is 6.03 Å². The summed E-state index contributed by atoms with van der Waals surface area (Å²) < 4.78 is 1.84. The Morgan fingerprint density at radius 2 is 2.30 bits per heavy atom. The lowest BCUT2D eigenvalue weighted by molar-refractivity contribution is -0.130. The van der Waals surface area contributed by atoms with Crippen molar-refractivity contribution in [2.75, 3.05) is 20.1 Å². The minimum atomic E-state index is -0.0702. The lowest BCUT2D eigenvalue weighted by atomic mass is 9.92.